The number of benzene rings is 3. The van der Waals surface area contributed by atoms with E-state index in [1.54, 1.807) is 18.5 Å². The molecule has 0 aliphatic rings. The van der Waals surface area contributed by atoms with Gasteiger partial charge >= 0.3 is 0 Å². The van der Waals surface area contributed by atoms with Crippen LogP contribution in [-0.2, 0) is 20.0 Å². The Balaban J connectivity index is 1.58. The van der Waals surface area contributed by atoms with Gasteiger partial charge in [0.25, 0.3) is 20.0 Å². The van der Waals surface area contributed by atoms with Gasteiger partial charge in [-0.15, -0.1) is 0 Å². The van der Waals surface area contributed by atoms with Gasteiger partial charge in [0.2, 0.25) is 0 Å². The van der Waals surface area contributed by atoms with Crippen molar-refractivity contribution < 1.29 is 16.8 Å². The van der Waals surface area contributed by atoms with Gasteiger partial charge in [-0.05, 0) is 82.1 Å². The molecule has 36 heavy (non-hydrogen) atoms. The summed E-state index contributed by atoms with van der Waals surface area (Å²) in [5.41, 5.74) is 5.04. The molecule has 0 atom stereocenters. The van der Waals surface area contributed by atoms with E-state index in [0.717, 1.165) is 22.4 Å². The van der Waals surface area contributed by atoms with E-state index in [1.165, 1.54) is 24.3 Å². The van der Waals surface area contributed by atoms with E-state index in [-0.39, 0.29) is 15.5 Å². The van der Waals surface area contributed by atoms with Crippen molar-refractivity contribution in [2.75, 3.05) is 9.44 Å². The van der Waals surface area contributed by atoms with E-state index < -0.39 is 20.0 Å². The van der Waals surface area contributed by atoms with Gasteiger partial charge in [-0.3, -0.25) is 9.44 Å². The van der Waals surface area contributed by atoms with Gasteiger partial charge in [0, 0.05) is 5.69 Å². The molecule has 0 spiro atoms. The van der Waals surface area contributed by atoms with E-state index >= 15 is 0 Å². The Morgan fingerprint density at radius 3 is 1.89 bits per heavy atom. The van der Waals surface area contributed by atoms with E-state index in [0.29, 0.717) is 17.1 Å². The van der Waals surface area contributed by atoms with Crippen LogP contribution in [0.3, 0.4) is 0 Å². The molecule has 1 heterocycles. The molecule has 0 saturated heterocycles. The number of sulfonamides is 2. The average molecular weight is 525 g/mol. The Morgan fingerprint density at radius 1 is 0.722 bits per heavy atom. The smallest absolute Gasteiger partial charge is 0.265 e. The number of hydrogen-bond acceptors (Lipinski definition) is 5. The van der Waals surface area contributed by atoms with Crippen molar-refractivity contribution >= 4 is 31.4 Å². The van der Waals surface area contributed by atoms with Crippen molar-refractivity contribution in [3.05, 3.63) is 94.8 Å². The molecule has 3 aromatic carbocycles. The minimum atomic E-state index is -3.97. The van der Waals surface area contributed by atoms with E-state index in [1.807, 2.05) is 63.2 Å². The van der Waals surface area contributed by atoms with E-state index in [9.17, 15) is 16.8 Å². The topological polar surface area (TPSA) is 110 Å². The molecule has 0 saturated carbocycles. The first kappa shape index (κ1) is 25.5. The fourth-order valence-corrected chi connectivity index (χ4v) is 6.94. The zero-order valence-corrected chi connectivity index (χ0v) is 22.3. The van der Waals surface area contributed by atoms with Crippen LogP contribution < -0.4 is 9.44 Å². The average Bonchev–Trinajstić information content (AvgIpc) is 3.11. The molecule has 4 aromatic rings. The normalized spacial score (nSPS) is 11.9. The van der Waals surface area contributed by atoms with Gasteiger partial charge in [-0.2, -0.15) is 5.10 Å². The zero-order valence-electron chi connectivity index (χ0n) is 20.7. The molecule has 4 rings (SSSR count). The third kappa shape index (κ3) is 5.00. The number of aryl methyl sites for hydroxylation is 4. The van der Waals surface area contributed by atoms with Gasteiger partial charge in [-0.25, -0.2) is 21.5 Å². The minimum absolute atomic E-state index is 0.0223. The first-order chi connectivity index (χ1) is 16.9. The number of nitrogens with zero attached hydrogens (tertiary/aromatic N) is 2. The maximum Gasteiger partial charge on any atom is 0.265 e. The molecule has 0 aliphatic heterocycles. The van der Waals surface area contributed by atoms with E-state index in [4.69, 9.17) is 0 Å². The summed E-state index contributed by atoms with van der Waals surface area (Å²) in [5, 5.41) is 4.40. The lowest BCUT2D eigenvalue weighted by molar-refractivity contribution is 0.599. The molecule has 0 amide bonds. The van der Waals surface area contributed by atoms with Gasteiger partial charge in [0.1, 0.15) is 4.90 Å². The molecule has 0 radical (unpaired) electrons. The lowest BCUT2D eigenvalue weighted by atomic mass is 10.1. The van der Waals surface area contributed by atoms with Crippen LogP contribution in [-0.4, -0.2) is 26.6 Å². The van der Waals surface area contributed by atoms with Crippen molar-refractivity contribution in [1.29, 1.82) is 0 Å². The third-order valence-electron chi connectivity index (χ3n) is 5.82. The lowest BCUT2D eigenvalue weighted by Gasteiger charge is -2.15. The third-order valence-corrected chi connectivity index (χ3v) is 8.82. The highest BCUT2D eigenvalue weighted by Gasteiger charge is 2.26. The summed E-state index contributed by atoms with van der Waals surface area (Å²) in [5.74, 6) is 0. The highest BCUT2D eigenvalue weighted by Crippen LogP contribution is 2.27. The second kappa shape index (κ2) is 9.44. The van der Waals surface area contributed by atoms with Crippen molar-refractivity contribution in [2.24, 2.45) is 0 Å². The highest BCUT2D eigenvalue weighted by atomic mass is 32.2. The Bertz CT molecular complexity index is 1620. The number of anilines is 2. The van der Waals surface area contributed by atoms with E-state index in [2.05, 4.69) is 14.5 Å². The number of para-hydroxylation sites is 1. The predicted molar refractivity (Wildman–Crippen MR) is 142 cm³/mol. The molecular formula is C26H28N4O4S2. The Kier molecular flexibility index (Phi) is 6.68. The van der Waals surface area contributed by atoms with Crippen molar-refractivity contribution in [2.45, 2.75) is 44.4 Å². The van der Waals surface area contributed by atoms with Gasteiger partial charge in [-0.1, -0.05) is 35.9 Å². The fourth-order valence-electron chi connectivity index (χ4n) is 4.28. The monoisotopic (exact) mass is 524 g/mol. The quantitative estimate of drug-likeness (QED) is 0.353. The minimum Gasteiger partial charge on any atom is -0.280 e. The van der Waals surface area contributed by atoms with Gasteiger partial charge in [0.15, 0.2) is 0 Å². The van der Waals surface area contributed by atoms with Crippen molar-refractivity contribution in [1.82, 2.24) is 9.78 Å². The Hall–Kier alpha value is -3.63. The summed E-state index contributed by atoms with van der Waals surface area (Å²) in [6, 6.07) is 18.7. The first-order valence-corrected chi connectivity index (χ1v) is 14.2. The molecule has 1 aromatic heterocycles. The van der Waals surface area contributed by atoms with Crippen LogP contribution in [0.4, 0.5) is 11.4 Å². The van der Waals surface area contributed by atoms with Crippen LogP contribution in [0.25, 0.3) is 5.69 Å². The molecule has 10 heteroatoms. The zero-order chi connectivity index (χ0) is 26.3. The summed E-state index contributed by atoms with van der Waals surface area (Å²) in [4.78, 5) is 0.101. The maximum atomic E-state index is 13.2. The van der Waals surface area contributed by atoms with Crippen molar-refractivity contribution in [3.8, 4) is 5.69 Å². The highest BCUT2D eigenvalue weighted by molar-refractivity contribution is 7.93. The van der Waals surface area contributed by atoms with Gasteiger partial charge < -0.3 is 0 Å². The second-order valence-electron chi connectivity index (χ2n) is 8.76. The molecular weight excluding hydrogens is 496 g/mol. The predicted octanol–water partition coefficient (Wildman–Crippen LogP) is 5.02. The largest absolute Gasteiger partial charge is 0.280 e. The summed E-state index contributed by atoms with van der Waals surface area (Å²) >= 11 is 0. The Morgan fingerprint density at radius 2 is 1.31 bits per heavy atom. The van der Waals surface area contributed by atoms with Crippen LogP contribution in [0.5, 0.6) is 0 Å². The number of nitrogens with one attached hydrogen (secondary N) is 2. The van der Waals surface area contributed by atoms with Crippen LogP contribution in [0.2, 0.25) is 0 Å². The molecule has 8 nitrogen and oxygen atoms in total. The standard InChI is InChI=1S/C26H28N4O4S2/c1-17-15-18(2)25(19(3)16-17)29-35(31,32)24-13-11-22(12-14-24)28-36(33,34)26-20(4)27-30(21(26)5)23-9-7-6-8-10-23/h6-16,28-29H,1-5H3. The molecule has 0 unspecified atom stereocenters. The molecule has 0 bridgehead atoms. The van der Waals surface area contributed by atoms with Crippen LogP contribution in [0.15, 0.2) is 76.5 Å². The number of aromatic nitrogens is 2. The summed E-state index contributed by atoms with van der Waals surface area (Å²) in [6.07, 6.45) is 0. The fraction of sp³-hybridized carbons (Fsp3) is 0.192. The van der Waals surface area contributed by atoms with Crippen LogP contribution >= 0.6 is 0 Å². The summed E-state index contributed by atoms with van der Waals surface area (Å²) < 4.78 is 59.2. The number of hydrogen-bond donors (Lipinski definition) is 2. The SMILES string of the molecule is Cc1cc(C)c(NS(=O)(=O)c2ccc(NS(=O)(=O)c3c(C)nn(-c4ccccc4)c3C)cc2)c(C)c1. The molecule has 188 valence electrons. The molecule has 0 aliphatic carbocycles. The summed E-state index contributed by atoms with van der Waals surface area (Å²) in [6.45, 7) is 8.97. The molecule has 2 N–H and O–H groups in total. The first-order valence-electron chi connectivity index (χ1n) is 11.2. The van der Waals surface area contributed by atoms with Gasteiger partial charge in [0.05, 0.1) is 27.7 Å². The van der Waals surface area contributed by atoms with Crippen molar-refractivity contribution in [3.63, 3.8) is 0 Å². The lowest BCUT2D eigenvalue weighted by Crippen LogP contribution is -2.16. The Labute approximate surface area is 212 Å². The second-order valence-corrected chi connectivity index (χ2v) is 12.1. The summed E-state index contributed by atoms with van der Waals surface area (Å²) in [7, 11) is -7.84. The number of rotatable bonds is 7. The van der Waals surface area contributed by atoms with Crippen LogP contribution in [0, 0.1) is 34.6 Å². The van der Waals surface area contributed by atoms with Crippen LogP contribution in [0.1, 0.15) is 28.1 Å². The molecule has 0 fully saturated rings. The maximum absolute atomic E-state index is 13.2.